The summed E-state index contributed by atoms with van der Waals surface area (Å²) in [5.74, 6) is 0. The first kappa shape index (κ1) is 12.7. The van der Waals surface area contributed by atoms with Gasteiger partial charge in [0.2, 0.25) is 0 Å². The Hall–Kier alpha value is -2.32. The van der Waals surface area contributed by atoms with Crippen LogP contribution in [-0.2, 0) is 0 Å². The van der Waals surface area contributed by atoms with Crippen LogP contribution in [0.3, 0.4) is 0 Å². The van der Waals surface area contributed by atoms with Crippen molar-refractivity contribution in [2.75, 3.05) is 11.9 Å². The number of benzene rings is 2. The third-order valence-electron chi connectivity index (χ3n) is 3.55. The van der Waals surface area contributed by atoms with Crippen LogP contribution in [0.1, 0.15) is 17.2 Å². The van der Waals surface area contributed by atoms with Crippen LogP contribution in [0, 0.1) is 0 Å². The van der Waals surface area contributed by atoms with Crippen molar-refractivity contribution >= 4 is 11.8 Å². The van der Waals surface area contributed by atoms with Crippen molar-refractivity contribution < 1.29 is 5.11 Å². The molecular formula is C18H17NO. The SMILES string of the molecule is CN1C=C(C(O)c2ccccc2)C=Cc2ccccc21. The van der Waals surface area contributed by atoms with Crippen molar-refractivity contribution in [1.29, 1.82) is 0 Å². The minimum Gasteiger partial charge on any atom is -0.384 e. The Balaban J connectivity index is 1.97. The summed E-state index contributed by atoms with van der Waals surface area (Å²) in [6, 6.07) is 17.9. The lowest BCUT2D eigenvalue weighted by molar-refractivity contribution is 0.219. The number of rotatable bonds is 2. The lowest BCUT2D eigenvalue weighted by Gasteiger charge is -2.18. The van der Waals surface area contributed by atoms with Gasteiger partial charge in [0, 0.05) is 24.5 Å². The zero-order valence-electron chi connectivity index (χ0n) is 11.4. The van der Waals surface area contributed by atoms with Crippen molar-refractivity contribution in [2.24, 2.45) is 0 Å². The van der Waals surface area contributed by atoms with E-state index >= 15 is 0 Å². The van der Waals surface area contributed by atoms with Crippen molar-refractivity contribution in [1.82, 2.24) is 0 Å². The maximum absolute atomic E-state index is 10.5. The van der Waals surface area contributed by atoms with Crippen LogP contribution in [0.25, 0.3) is 6.08 Å². The van der Waals surface area contributed by atoms with Crippen molar-refractivity contribution in [2.45, 2.75) is 6.10 Å². The molecule has 1 heterocycles. The summed E-state index contributed by atoms with van der Waals surface area (Å²) < 4.78 is 0. The Morgan fingerprint density at radius 2 is 1.60 bits per heavy atom. The Labute approximate surface area is 119 Å². The second kappa shape index (κ2) is 5.35. The highest BCUT2D eigenvalue weighted by Crippen LogP contribution is 2.30. The van der Waals surface area contributed by atoms with Crippen LogP contribution >= 0.6 is 0 Å². The first-order valence-electron chi connectivity index (χ1n) is 6.70. The lowest BCUT2D eigenvalue weighted by Crippen LogP contribution is -2.11. The number of aliphatic hydroxyl groups is 1. The molecule has 0 radical (unpaired) electrons. The van der Waals surface area contributed by atoms with Gasteiger partial charge in [-0.05, 0) is 17.2 Å². The van der Waals surface area contributed by atoms with Gasteiger partial charge in [-0.2, -0.15) is 0 Å². The molecule has 2 aromatic carbocycles. The van der Waals surface area contributed by atoms with Crippen molar-refractivity contribution in [3.05, 3.63) is 83.6 Å². The van der Waals surface area contributed by atoms with Gasteiger partial charge in [-0.15, -0.1) is 0 Å². The predicted molar refractivity (Wildman–Crippen MR) is 83.4 cm³/mol. The van der Waals surface area contributed by atoms with Crippen LogP contribution in [0.4, 0.5) is 5.69 Å². The van der Waals surface area contributed by atoms with Gasteiger partial charge in [0.05, 0.1) is 0 Å². The predicted octanol–water partition coefficient (Wildman–Crippen LogP) is 3.77. The molecule has 1 aliphatic heterocycles. The van der Waals surface area contributed by atoms with E-state index in [1.54, 1.807) is 0 Å². The Bertz CT molecular complexity index is 658. The number of hydrogen-bond donors (Lipinski definition) is 1. The molecule has 0 amide bonds. The van der Waals surface area contributed by atoms with Gasteiger partial charge in [0.15, 0.2) is 0 Å². The molecule has 0 saturated carbocycles. The number of fused-ring (bicyclic) bond motifs is 1. The third-order valence-corrected chi connectivity index (χ3v) is 3.55. The van der Waals surface area contributed by atoms with Gasteiger partial charge in [-0.25, -0.2) is 0 Å². The first-order chi connectivity index (χ1) is 9.75. The molecule has 2 heteroatoms. The van der Waals surface area contributed by atoms with Crippen LogP contribution in [-0.4, -0.2) is 12.2 Å². The van der Waals surface area contributed by atoms with Crippen LogP contribution in [0.15, 0.2) is 72.4 Å². The maximum atomic E-state index is 10.5. The number of hydrogen-bond acceptors (Lipinski definition) is 2. The van der Waals surface area contributed by atoms with E-state index in [0.29, 0.717) is 0 Å². The Morgan fingerprint density at radius 1 is 0.900 bits per heavy atom. The largest absolute Gasteiger partial charge is 0.384 e. The second-order valence-corrected chi connectivity index (χ2v) is 4.95. The van der Waals surface area contributed by atoms with E-state index < -0.39 is 6.10 Å². The normalized spacial score (nSPS) is 15.3. The van der Waals surface area contributed by atoms with Crippen LogP contribution < -0.4 is 4.90 Å². The van der Waals surface area contributed by atoms with Gasteiger partial charge >= 0.3 is 0 Å². The average molecular weight is 263 g/mol. The lowest BCUT2D eigenvalue weighted by atomic mass is 10.0. The van der Waals surface area contributed by atoms with Gasteiger partial charge in [-0.1, -0.05) is 60.7 Å². The van der Waals surface area contributed by atoms with Crippen molar-refractivity contribution in [3.63, 3.8) is 0 Å². The summed E-state index contributed by atoms with van der Waals surface area (Å²) in [4.78, 5) is 2.05. The molecule has 2 aromatic rings. The molecule has 0 aromatic heterocycles. The maximum Gasteiger partial charge on any atom is 0.105 e. The molecule has 1 aliphatic rings. The van der Waals surface area contributed by atoms with E-state index in [4.69, 9.17) is 0 Å². The smallest absolute Gasteiger partial charge is 0.105 e. The van der Waals surface area contributed by atoms with Crippen molar-refractivity contribution in [3.8, 4) is 0 Å². The summed E-state index contributed by atoms with van der Waals surface area (Å²) in [5.41, 5.74) is 4.08. The fourth-order valence-corrected chi connectivity index (χ4v) is 2.46. The third kappa shape index (κ3) is 2.38. The summed E-state index contributed by atoms with van der Waals surface area (Å²) in [7, 11) is 2.00. The molecule has 0 bridgehead atoms. The quantitative estimate of drug-likeness (QED) is 0.891. The van der Waals surface area contributed by atoms with Crippen LogP contribution in [0.5, 0.6) is 0 Å². The van der Waals surface area contributed by atoms with E-state index in [1.807, 2.05) is 61.8 Å². The molecule has 2 nitrogen and oxygen atoms in total. The van der Waals surface area contributed by atoms with E-state index in [-0.39, 0.29) is 0 Å². The Kier molecular flexibility index (Phi) is 3.40. The first-order valence-corrected chi connectivity index (χ1v) is 6.70. The molecule has 1 N–H and O–H groups in total. The summed E-state index contributed by atoms with van der Waals surface area (Å²) >= 11 is 0. The fraction of sp³-hybridized carbons (Fsp3) is 0.111. The highest BCUT2D eigenvalue weighted by atomic mass is 16.3. The highest BCUT2D eigenvalue weighted by Gasteiger charge is 2.15. The Morgan fingerprint density at radius 3 is 2.40 bits per heavy atom. The highest BCUT2D eigenvalue weighted by molar-refractivity contribution is 5.72. The molecule has 20 heavy (non-hydrogen) atoms. The average Bonchev–Trinajstić information content (AvgIpc) is 2.67. The monoisotopic (exact) mass is 263 g/mol. The minimum atomic E-state index is -0.607. The molecule has 0 aliphatic carbocycles. The number of nitrogens with zero attached hydrogens (tertiary/aromatic N) is 1. The number of aliphatic hydroxyl groups excluding tert-OH is 1. The molecule has 100 valence electrons. The molecule has 0 spiro atoms. The second-order valence-electron chi connectivity index (χ2n) is 4.95. The molecule has 0 saturated heterocycles. The number of anilines is 1. The van der Waals surface area contributed by atoms with E-state index in [1.165, 1.54) is 0 Å². The molecule has 1 atom stereocenters. The summed E-state index contributed by atoms with van der Waals surface area (Å²) in [6.45, 7) is 0. The zero-order valence-corrected chi connectivity index (χ0v) is 11.4. The summed E-state index contributed by atoms with van der Waals surface area (Å²) in [6.07, 6.45) is 5.42. The van der Waals surface area contributed by atoms with Crippen LogP contribution in [0.2, 0.25) is 0 Å². The fourth-order valence-electron chi connectivity index (χ4n) is 2.46. The minimum absolute atomic E-state index is 0.607. The van der Waals surface area contributed by atoms with E-state index in [9.17, 15) is 5.11 Å². The molecular weight excluding hydrogens is 246 g/mol. The zero-order chi connectivity index (χ0) is 13.9. The van der Waals surface area contributed by atoms with Gasteiger partial charge in [-0.3, -0.25) is 0 Å². The van der Waals surface area contributed by atoms with Gasteiger partial charge < -0.3 is 10.0 Å². The molecule has 3 rings (SSSR count). The van der Waals surface area contributed by atoms with E-state index in [2.05, 4.69) is 23.1 Å². The number of para-hydroxylation sites is 1. The summed E-state index contributed by atoms with van der Waals surface area (Å²) in [5, 5.41) is 10.5. The topological polar surface area (TPSA) is 23.5 Å². The molecule has 1 unspecified atom stereocenters. The molecule has 0 fully saturated rings. The standard InChI is InChI=1S/C18H17NO/c1-19-13-16(18(20)15-8-3-2-4-9-15)12-11-14-7-5-6-10-17(14)19/h2-13,18,20H,1H3. The van der Waals surface area contributed by atoms with Gasteiger partial charge in [0.25, 0.3) is 0 Å². The van der Waals surface area contributed by atoms with E-state index in [0.717, 1.165) is 22.4 Å². The van der Waals surface area contributed by atoms with Gasteiger partial charge in [0.1, 0.15) is 6.10 Å².